The van der Waals surface area contributed by atoms with Crippen LogP contribution in [0.4, 0.5) is 0 Å². The lowest BCUT2D eigenvalue weighted by Crippen LogP contribution is -2.53. The molecule has 0 bridgehead atoms. The number of hydrogen-bond donors (Lipinski definition) is 5. The number of hydrogen-bond acceptors (Lipinski definition) is 6. The van der Waals surface area contributed by atoms with E-state index in [1.807, 2.05) is 6.92 Å². The van der Waals surface area contributed by atoms with E-state index in [2.05, 4.69) is 13.8 Å². The summed E-state index contributed by atoms with van der Waals surface area (Å²) in [6, 6.07) is 0. The molecule has 8 nitrogen and oxygen atoms in total. The first kappa shape index (κ1) is 28.8. The molecule has 4 rings (SSSR count). The second-order valence-electron chi connectivity index (χ2n) is 12.5. The Balaban J connectivity index is 0.000000429. The van der Waals surface area contributed by atoms with Gasteiger partial charge in [0, 0.05) is 13.0 Å². The minimum atomic E-state index is -3.80. The molecule has 0 aliphatic heterocycles. The maximum absolute atomic E-state index is 11.2. The van der Waals surface area contributed by atoms with Gasteiger partial charge in [0.15, 0.2) is 0 Å². The van der Waals surface area contributed by atoms with E-state index in [9.17, 15) is 23.4 Å². The molecule has 0 amide bonds. The maximum atomic E-state index is 11.2. The molecule has 0 spiro atoms. The lowest BCUT2D eigenvalue weighted by atomic mass is 9.44. The molecule has 0 aromatic rings. The van der Waals surface area contributed by atoms with E-state index in [1.54, 1.807) is 0 Å². The van der Waals surface area contributed by atoms with Crippen molar-refractivity contribution in [3.05, 3.63) is 0 Å². The minimum Gasteiger partial charge on any atom is -0.477 e. The van der Waals surface area contributed by atoms with Crippen molar-refractivity contribution >= 4 is 16.1 Å². The summed E-state index contributed by atoms with van der Waals surface area (Å²) >= 11 is 0. The largest absolute Gasteiger partial charge is 0.477 e. The highest BCUT2D eigenvalue weighted by Gasteiger charge is 2.60. The van der Waals surface area contributed by atoms with Gasteiger partial charge < -0.3 is 21.1 Å². The first-order valence-electron chi connectivity index (χ1n) is 13.5. The van der Waals surface area contributed by atoms with Crippen LogP contribution in [0.5, 0.6) is 0 Å². The summed E-state index contributed by atoms with van der Waals surface area (Å²) < 4.78 is 27.3. The molecule has 6 N–H and O–H groups in total. The summed E-state index contributed by atoms with van der Waals surface area (Å²) in [6.07, 6.45) is 13.3. The van der Waals surface area contributed by atoms with Crippen LogP contribution in [0.25, 0.3) is 0 Å². The van der Waals surface area contributed by atoms with Crippen molar-refractivity contribution in [3.8, 4) is 0 Å². The standard InChI is InChI=1S/C24H40O4.C2H7NO3S/c1-15(14-24(27,28)21(25)26)18-9-10-19-17-8-7-16-6-4-5-12-22(16,2)20(17)11-13-23(18,19)3;3-1-2-7(4,5)6/h15-20,27-28H,4-14H2,1-3H3,(H,25,26);1-3H2,(H,4,5,6)/t15?,16?,17-,18+,19-,20-,22-,23+;/m0./s1. The normalized spacial score (nSPS) is 39.9. The fourth-order valence-electron chi connectivity index (χ4n) is 9.10. The van der Waals surface area contributed by atoms with E-state index in [-0.39, 0.29) is 30.1 Å². The molecule has 2 unspecified atom stereocenters. The highest BCUT2D eigenvalue weighted by atomic mass is 32.2. The molecule has 0 aromatic carbocycles. The zero-order valence-corrected chi connectivity index (χ0v) is 22.5. The molecular formula is C26H47NO7S. The Morgan fingerprint density at radius 1 is 1.00 bits per heavy atom. The number of carboxylic acids is 1. The average molecular weight is 518 g/mol. The Labute approximate surface area is 210 Å². The van der Waals surface area contributed by atoms with Crippen LogP contribution in [0.3, 0.4) is 0 Å². The minimum absolute atomic E-state index is 0.0132. The summed E-state index contributed by atoms with van der Waals surface area (Å²) in [7, 11) is -3.80. The van der Waals surface area contributed by atoms with E-state index >= 15 is 0 Å². The van der Waals surface area contributed by atoms with Crippen LogP contribution in [-0.2, 0) is 14.9 Å². The summed E-state index contributed by atoms with van der Waals surface area (Å²) in [5, 5.41) is 28.9. The molecule has 8 atom stereocenters. The van der Waals surface area contributed by atoms with Gasteiger partial charge in [0.2, 0.25) is 0 Å². The second-order valence-corrected chi connectivity index (χ2v) is 14.1. The molecule has 204 valence electrons. The number of carboxylic acid groups (broad SMARTS) is 1. The summed E-state index contributed by atoms with van der Waals surface area (Å²) in [6.45, 7) is 7.05. The van der Waals surface area contributed by atoms with Gasteiger partial charge in [0.1, 0.15) is 0 Å². The third-order valence-electron chi connectivity index (χ3n) is 10.7. The molecule has 9 heteroatoms. The number of aliphatic carboxylic acids is 1. The zero-order valence-electron chi connectivity index (χ0n) is 21.7. The molecule has 4 aliphatic carbocycles. The number of rotatable bonds is 6. The molecule has 0 heterocycles. The lowest BCUT2D eigenvalue weighted by Gasteiger charge is -2.61. The van der Waals surface area contributed by atoms with Crippen LogP contribution in [0.2, 0.25) is 0 Å². The topological polar surface area (TPSA) is 158 Å². The Morgan fingerprint density at radius 2 is 1.66 bits per heavy atom. The SMILES string of the molecule is CC(CC(O)(O)C(=O)O)[C@H]1CC[C@H]2[C@@H]3CCC4CCCC[C@]4(C)[C@H]3CC[C@]12C.NCCS(=O)(=O)O. The van der Waals surface area contributed by atoms with E-state index in [4.69, 9.17) is 15.4 Å². The molecule has 4 aliphatic rings. The van der Waals surface area contributed by atoms with Gasteiger partial charge in [-0.15, -0.1) is 0 Å². The predicted molar refractivity (Wildman–Crippen MR) is 134 cm³/mol. The van der Waals surface area contributed by atoms with Gasteiger partial charge in [0.05, 0.1) is 5.75 Å². The van der Waals surface area contributed by atoms with Gasteiger partial charge in [0.25, 0.3) is 15.9 Å². The van der Waals surface area contributed by atoms with Gasteiger partial charge in [-0.2, -0.15) is 8.42 Å². The zero-order chi connectivity index (χ0) is 26.2. The third-order valence-corrected chi connectivity index (χ3v) is 11.4. The van der Waals surface area contributed by atoms with Crippen molar-refractivity contribution in [2.24, 2.45) is 52.1 Å². The van der Waals surface area contributed by atoms with Gasteiger partial charge >= 0.3 is 5.97 Å². The third kappa shape index (κ3) is 5.89. The fraction of sp³-hybridized carbons (Fsp3) is 0.962. The van der Waals surface area contributed by atoms with Gasteiger partial charge in [-0.3, -0.25) is 4.55 Å². The fourth-order valence-corrected chi connectivity index (χ4v) is 9.40. The quantitative estimate of drug-likeness (QED) is 0.264. The van der Waals surface area contributed by atoms with Crippen LogP contribution < -0.4 is 5.73 Å². The first-order chi connectivity index (χ1) is 16.2. The molecule has 35 heavy (non-hydrogen) atoms. The predicted octanol–water partition coefficient (Wildman–Crippen LogP) is 3.66. The van der Waals surface area contributed by atoms with Crippen molar-refractivity contribution in [2.75, 3.05) is 12.3 Å². The molecule has 0 saturated heterocycles. The van der Waals surface area contributed by atoms with Crippen molar-refractivity contribution < 1.29 is 33.1 Å². The first-order valence-corrected chi connectivity index (χ1v) is 15.1. The van der Waals surface area contributed by atoms with Crippen molar-refractivity contribution in [1.82, 2.24) is 0 Å². The van der Waals surface area contributed by atoms with E-state index < -0.39 is 21.9 Å². The van der Waals surface area contributed by atoms with Crippen molar-refractivity contribution in [1.29, 1.82) is 0 Å². The Bertz CT molecular complexity index is 862. The number of nitrogens with two attached hydrogens (primary N) is 1. The van der Waals surface area contributed by atoms with Crippen LogP contribution in [0.15, 0.2) is 0 Å². The van der Waals surface area contributed by atoms with Gasteiger partial charge in [-0.1, -0.05) is 33.6 Å². The van der Waals surface area contributed by atoms with Crippen LogP contribution in [-0.4, -0.2) is 52.3 Å². The number of fused-ring (bicyclic) bond motifs is 5. The lowest BCUT2D eigenvalue weighted by molar-refractivity contribution is -0.211. The highest BCUT2D eigenvalue weighted by molar-refractivity contribution is 7.85. The van der Waals surface area contributed by atoms with Crippen molar-refractivity contribution in [3.63, 3.8) is 0 Å². The molecule has 0 aromatic heterocycles. The average Bonchev–Trinajstić information content (AvgIpc) is 3.10. The summed E-state index contributed by atoms with van der Waals surface area (Å²) in [4.78, 5) is 11.2. The number of carbonyl (C=O) groups is 1. The Kier molecular flexibility index (Phi) is 8.69. The van der Waals surface area contributed by atoms with E-state index in [0.29, 0.717) is 11.3 Å². The van der Waals surface area contributed by atoms with E-state index in [0.717, 1.165) is 30.1 Å². The number of aliphatic hydroxyl groups is 2. The summed E-state index contributed by atoms with van der Waals surface area (Å²) in [5.74, 6) is -0.710. The van der Waals surface area contributed by atoms with Crippen LogP contribution in [0, 0.1) is 46.3 Å². The van der Waals surface area contributed by atoms with Gasteiger partial charge in [-0.05, 0) is 97.7 Å². The Morgan fingerprint density at radius 3 is 2.23 bits per heavy atom. The molecule has 0 radical (unpaired) electrons. The summed E-state index contributed by atoms with van der Waals surface area (Å²) in [5.41, 5.74) is 5.55. The van der Waals surface area contributed by atoms with Gasteiger partial charge in [-0.25, -0.2) is 4.79 Å². The molecule has 4 saturated carbocycles. The molecule has 4 fully saturated rings. The highest BCUT2D eigenvalue weighted by Crippen LogP contribution is 2.68. The second kappa shape index (κ2) is 10.6. The Hall–Kier alpha value is -0.740. The smallest absolute Gasteiger partial charge is 0.364 e. The maximum Gasteiger partial charge on any atom is 0.364 e. The van der Waals surface area contributed by atoms with Crippen LogP contribution in [0.1, 0.15) is 91.4 Å². The van der Waals surface area contributed by atoms with Crippen LogP contribution >= 0.6 is 0 Å². The monoisotopic (exact) mass is 517 g/mol. The van der Waals surface area contributed by atoms with Crippen molar-refractivity contribution in [2.45, 2.75) is 97.2 Å². The molecular weight excluding hydrogens is 470 g/mol. The van der Waals surface area contributed by atoms with E-state index in [1.165, 1.54) is 57.8 Å².